The van der Waals surface area contributed by atoms with Crippen LogP contribution in [0.25, 0.3) is 0 Å². The second kappa shape index (κ2) is 12.2. The highest BCUT2D eigenvalue weighted by molar-refractivity contribution is 5.49. The second-order valence-corrected chi connectivity index (χ2v) is 11.6. The Balaban J connectivity index is 1.45. The molecule has 0 bridgehead atoms. The molecule has 3 aliphatic rings. The number of benzene rings is 1. The zero-order valence-electron chi connectivity index (χ0n) is 23.5. The molecule has 0 aromatic heterocycles. The fraction of sp³-hybridized carbons (Fsp3) is 0.486. The molecule has 2 nitrogen and oxygen atoms in total. The van der Waals surface area contributed by atoms with Gasteiger partial charge in [-0.1, -0.05) is 81.9 Å². The van der Waals surface area contributed by atoms with Gasteiger partial charge in [-0.3, -0.25) is 0 Å². The van der Waals surface area contributed by atoms with Crippen LogP contribution in [-0.4, -0.2) is 16.0 Å². The van der Waals surface area contributed by atoms with Gasteiger partial charge in [0.05, 0.1) is 0 Å². The van der Waals surface area contributed by atoms with Gasteiger partial charge in [-0.2, -0.15) is 0 Å². The average molecular weight is 498 g/mol. The molecule has 0 spiro atoms. The molecule has 37 heavy (non-hydrogen) atoms. The zero-order chi connectivity index (χ0) is 26.5. The van der Waals surface area contributed by atoms with Crippen molar-refractivity contribution in [2.45, 2.75) is 103 Å². The van der Waals surface area contributed by atoms with Crippen molar-refractivity contribution < 1.29 is 5.11 Å². The summed E-state index contributed by atoms with van der Waals surface area (Å²) in [7, 11) is 0. The first-order valence-electron chi connectivity index (χ1n) is 14.5. The Morgan fingerprint density at radius 3 is 2.76 bits per heavy atom. The summed E-state index contributed by atoms with van der Waals surface area (Å²) in [5.41, 5.74) is 10.2. The third-order valence-corrected chi connectivity index (χ3v) is 8.65. The number of unbranched alkanes of at least 4 members (excludes halogenated alkanes) is 2. The molecule has 4 rings (SSSR count). The number of hydrogen-bond donors (Lipinski definition) is 1. The Bertz CT molecular complexity index is 1130. The van der Waals surface area contributed by atoms with E-state index >= 15 is 0 Å². The number of fused-ring (bicyclic) bond motifs is 1. The normalized spacial score (nSPS) is 23.3. The van der Waals surface area contributed by atoms with Crippen LogP contribution in [0.1, 0.15) is 101 Å². The van der Waals surface area contributed by atoms with Crippen LogP contribution in [0.3, 0.4) is 0 Å². The minimum absolute atomic E-state index is 0.314. The molecule has 1 N–H and O–H groups in total. The fourth-order valence-corrected chi connectivity index (χ4v) is 6.59. The minimum atomic E-state index is 0.314. The van der Waals surface area contributed by atoms with Crippen LogP contribution in [0, 0.1) is 5.92 Å². The molecule has 2 heteroatoms. The van der Waals surface area contributed by atoms with Gasteiger partial charge in [0.2, 0.25) is 0 Å². The largest absolute Gasteiger partial charge is 0.508 e. The van der Waals surface area contributed by atoms with E-state index in [1.165, 1.54) is 71.3 Å². The van der Waals surface area contributed by atoms with Gasteiger partial charge in [-0.15, -0.1) is 0 Å². The van der Waals surface area contributed by atoms with E-state index in [0.29, 0.717) is 23.6 Å². The molecule has 3 unspecified atom stereocenters. The summed E-state index contributed by atoms with van der Waals surface area (Å²) in [4.78, 5) is 2.36. The Kier molecular flexibility index (Phi) is 9.00. The van der Waals surface area contributed by atoms with Crippen molar-refractivity contribution in [1.82, 2.24) is 4.90 Å². The standard InChI is InChI=1S/C35H47NO/c1-7-9-10-16-28-22-30(35(34(37)23-28)29-17-13-15-25(4)19-29)20-24(3)14-11-12-18-31-27(6)33-21-26(5)36(33)32(31)8-2/h8,12,18-19,22-23,27,29,33,37H,2-3,5,7,9-11,13-17,20-21H2,1,4,6H3/b18-12+. The summed E-state index contributed by atoms with van der Waals surface area (Å²) in [6.07, 6.45) is 21.0. The maximum atomic E-state index is 11.2. The van der Waals surface area contributed by atoms with Crippen molar-refractivity contribution in [3.8, 4) is 5.75 Å². The summed E-state index contributed by atoms with van der Waals surface area (Å²) < 4.78 is 0. The van der Waals surface area contributed by atoms with E-state index in [4.69, 9.17) is 0 Å². The quantitative estimate of drug-likeness (QED) is 0.230. The molecule has 0 saturated carbocycles. The monoisotopic (exact) mass is 497 g/mol. The first kappa shape index (κ1) is 27.3. The van der Waals surface area contributed by atoms with E-state index in [9.17, 15) is 5.11 Å². The van der Waals surface area contributed by atoms with Crippen LogP contribution in [0.2, 0.25) is 0 Å². The smallest absolute Gasteiger partial charge is 0.119 e. The van der Waals surface area contributed by atoms with Crippen molar-refractivity contribution in [3.63, 3.8) is 0 Å². The summed E-state index contributed by atoms with van der Waals surface area (Å²) in [5.74, 6) is 1.32. The predicted molar refractivity (Wildman–Crippen MR) is 159 cm³/mol. The number of hydrogen-bond acceptors (Lipinski definition) is 2. The van der Waals surface area contributed by atoms with Gasteiger partial charge in [0.25, 0.3) is 0 Å². The SMILES string of the molecule is C=CC1=C(/C=C/CCC(=C)Cc2cc(CCCCC)cc(O)c2C2C=C(C)CCC2)C(C)C2CC(=C)N12. The number of rotatable bonds is 12. The fourth-order valence-electron chi connectivity index (χ4n) is 6.59. The van der Waals surface area contributed by atoms with Crippen LogP contribution in [0.4, 0.5) is 0 Å². The number of nitrogens with zero attached hydrogens (tertiary/aromatic N) is 1. The molecule has 1 fully saturated rings. The highest BCUT2D eigenvalue weighted by Gasteiger charge is 2.44. The molecule has 2 aliphatic heterocycles. The van der Waals surface area contributed by atoms with E-state index in [-0.39, 0.29) is 0 Å². The molecule has 1 aliphatic carbocycles. The molecular weight excluding hydrogens is 450 g/mol. The van der Waals surface area contributed by atoms with Crippen LogP contribution < -0.4 is 0 Å². The highest BCUT2D eigenvalue weighted by Crippen LogP contribution is 2.47. The van der Waals surface area contributed by atoms with Crippen LogP contribution in [0.15, 0.2) is 84.3 Å². The molecule has 1 aromatic rings. The van der Waals surface area contributed by atoms with Gasteiger partial charge in [0.1, 0.15) is 5.75 Å². The van der Waals surface area contributed by atoms with E-state index in [1.54, 1.807) is 0 Å². The second-order valence-electron chi connectivity index (χ2n) is 11.6. The third kappa shape index (κ3) is 6.06. The van der Waals surface area contributed by atoms with Crippen LogP contribution in [-0.2, 0) is 12.8 Å². The summed E-state index contributed by atoms with van der Waals surface area (Å²) in [6, 6.07) is 4.95. The van der Waals surface area contributed by atoms with Crippen molar-refractivity contribution in [1.29, 1.82) is 0 Å². The number of phenolic OH excluding ortho intramolecular Hbond substituents is 1. The van der Waals surface area contributed by atoms with E-state index in [2.05, 4.69) is 69.7 Å². The number of aryl methyl sites for hydroxylation is 1. The van der Waals surface area contributed by atoms with E-state index in [0.717, 1.165) is 44.1 Å². The lowest BCUT2D eigenvalue weighted by Crippen LogP contribution is -2.42. The molecular formula is C35H47NO. The van der Waals surface area contributed by atoms with Gasteiger partial charge in [-0.05, 0) is 87.1 Å². The number of phenols is 1. The zero-order valence-corrected chi connectivity index (χ0v) is 23.5. The van der Waals surface area contributed by atoms with E-state index < -0.39 is 0 Å². The minimum Gasteiger partial charge on any atom is -0.508 e. The Morgan fingerprint density at radius 1 is 1.24 bits per heavy atom. The van der Waals surface area contributed by atoms with Crippen molar-refractivity contribution >= 4 is 0 Å². The van der Waals surface area contributed by atoms with Crippen molar-refractivity contribution in [3.05, 3.63) is 101 Å². The van der Waals surface area contributed by atoms with Crippen molar-refractivity contribution in [2.75, 3.05) is 0 Å². The van der Waals surface area contributed by atoms with Gasteiger partial charge < -0.3 is 10.0 Å². The topological polar surface area (TPSA) is 23.5 Å². The molecule has 1 saturated heterocycles. The summed E-state index contributed by atoms with van der Waals surface area (Å²) >= 11 is 0. The van der Waals surface area contributed by atoms with Gasteiger partial charge in [-0.25, -0.2) is 0 Å². The molecule has 3 atom stereocenters. The van der Waals surface area contributed by atoms with Crippen LogP contribution in [0.5, 0.6) is 5.75 Å². The lowest BCUT2D eigenvalue weighted by atomic mass is 9.81. The van der Waals surface area contributed by atoms with Gasteiger partial charge >= 0.3 is 0 Å². The number of aromatic hydroxyl groups is 1. The first-order valence-corrected chi connectivity index (χ1v) is 14.5. The summed E-state index contributed by atoms with van der Waals surface area (Å²) in [6.45, 7) is 19.5. The molecule has 1 aromatic carbocycles. The Hall–Kier alpha value is -2.74. The average Bonchev–Trinajstić information content (AvgIpc) is 3.07. The van der Waals surface area contributed by atoms with Crippen LogP contribution >= 0.6 is 0 Å². The first-order chi connectivity index (χ1) is 17.8. The Labute approximate surface area is 225 Å². The highest BCUT2D eigenvalue weighted by atomic mass is 16.3. The Morgan fingerprint density at radius 2 is 2.05 bits per heavy atom. The lowest BCUT2D eigenvalue weighted by molar-refractivity contribution is 0.203. The lowest BCUT2D eigenvalue weighted by Gasteiger charge is -2.42. The van der Waals surface area contributed by atoms with E-state index in [1.807, 2.05) is 12.1 Å². The maximum absolute atomic E-state index is 11.2. The van der Waals surface area contributed by atoms with Gasteiger partial charge in [0, 0.05) is 41.3 Å². The molecule has 0 amide bonds. The molecule has 2 heterocycles. The van der Waals surface area contributed by atoms with Crippen molar-refractivity contribution in [2.24, 2.45) is 5.92 Å². The molecule has 198 valence electrons. The summed E-state index contributed by atoms with van der Waals surface area (Å²) in [5, 5.41) is 11.2. The number of allylic oxidation sites excluding steroid dienone is 6. The van der Waals surface area contributed by atoms with Gasteiger partial charge in [0.15, 0.2) is 0 Å². The maximum Gasteiger partial charge on any atom is 0.119 e. The predicted octanol–water partition coefficient (Wildman–Crippen LogP) is 9.45. The molecule has 0 radical (unpaired) electrons. The third-order valence-electron chi connectivity index (χ3n) is 8.65.